The van der Waals surface area contributed by atoms with E-state index in [0.29, 0.717) is 18.9 Å². The third-order valence-electron chi connectivity index (χ3n) is 4.36. The molecule has 0 fully saturated rings. The Morgan fingerprint density at radius 1 is 1.00 bits per heavy atom. The van der Waals surface area contributed by atoms with E-state index in [4.69, 9.17) is 4.74 Å². The summed E-state index contributed by atoms with van der Waals surface area (Å²) >= 11 is 0. The Kier molecular flexibility index (Phi) is 12.0. The maximum absolute atomic E-state index is 12.4. The van der Waals surface area contributed by atoms with Gasteiger partial charge in [0.15, 0.2) is 0 Å². The molecule has 2 amide bonds. The summed E-state index contributed by atoms with van der Waals surface area (Å²) in [6.07, 6.45) is 7.11. The van der Waals surface area contributed by atoms with Gasteiger partial charge in [-0.05, 0) is 24.3 Å². The molecule has 0 aliphatic rings. The Morgan fingerprint density at radius 2 is 1.67 bits per heavy atom. The molecular weight excluding hydrogens is 340 g/mol. The zero-order valence-electron chi connectivity index (χ0n) is 17.1. The van der Waals surface area contributed by atoms with E-state index in [-0.39, 0.29) is 12.5 Å². The van der Waals surface area contributed by atoms with Crippen molar-refractivity contribution >= 4 is 12.0 Å². The fourth-order valence-electron chi connectivity index (χ4n) is 2.85. The van der Waals surface area contributed by atoms with Crippen LogP contribution in [-0.2, 0) is 16.1 Å². The molecule has 5 heteroatoms. The number of amides is 2. The highest BCUT2D eigenvalue weighted by Gasteiger charge is 2.22. The van der Waals surface area contributed by atoms with Gasteiger partial charge in [0.25, 0.3) is 0 Å². The molecule has 0 spiro atoms. The van der Waals surface area contributed by atoms with Gasteiger partial charge in [0.1, 0.15) is 12.6 Å². The maximum Gasteiger partial charge on any atom is 0.408 e. The van der Waals surface area contributed by atoms with Gasteiger partial charge in [-0.3, -0.25) is 4.79 Å². The van der Waals surface area contributed by atoms with Crippen molar-refractivity contribution in [1.82, 2.24) is 10.6 Å². The van der Waals surface area contributed by atoms with Crippen molar-refractivity contribution in [1.29, 1.82) is 0 Å². The minimum absolute atomic E-state index is 0.131. The fourth-order valence-corrected chi connectivity index (χ4v) is 2.85. The van der Waals surface area contributed by atoms with E-state index in [2.05, 4.69) is 17.6 Å². The first-order chi connectivity index (χ1) is 13.0. The van der Waals surface area contributed by atoms with Gasteiger partial charge in [0, 0.05) is 6.54 Å². The number of nitrogens with one attached hydrogen (secondary N) is 2. The van der Waals surface area contributed by atoms with Crippen molar-refractivity contribution in [2.24, 2.45) is 5.92 Å². The zero-order valence-corrected chi connectivity index (χ0v) is 17.1. The number of hydrogen-bond acceptors (Lipinski definition) is 3. The summed E-state index contributed by atoms with van der Waals surface area (Å²) in [6, 6.07) is 8.93. The average molecular weight is 377 g/mol. The SMILES string of the molecule is CCCCCCCCNC(=O)[C@H](CC(C)C)NC(=O)OCc1ccccc1. The molecule has 2 N–H and O–H groups in total. The highest BCUT2D eigenvalue weighted by molar-refractivity contribution is 5.85. The first kappa shape index (κ1) is 23.0. The van der Waals surface area contributed by atoms with Crippen LogP contribution >= 0.6 is 0 Å². The van der Waals surface area contributed by atoms with Crippen LogP contribution in [0.15, 0.2) is 30.3 Å². The molecule has 0 aliphatic heterocycles. The highest BCUT2D eigenvalue weighted by atomic mass is 16.5. The number of ether oxygens (including phenoxy) is 1. The highest BCUT2D eigenvalue weighted by Crippen LogP contribution is 2.07. The molecule has 0 radical (unpaired) electrons. The van der Waals surface area contributed by atoms with Crippen LogP contribution in [0.4, 0.5) is 4.79 Å². The predicted molar refractivity (Wildman–Crippen MR) is 109 cm³/mol. The predicted octanol–water partition coefficient (Wildman–Crippen LogP) is 4.80. The molecule has 1 aromatic carbocycles. The monoisotopic (exact) mass is 376 g/mol. The van der Waals surface area contributed by atoms with Gasteiger partial charge in [0.05, 0.1) is 0 Å². The van der Waals surface area contributed by atoms with E-state index < -0.39 is 12.1 Å². The third kappa shape index (κ3) is 11.3. The molecule has 0 aromatic heterocycles. The number of rotatable bonds is 13. The second kappa shape index (κ2) is 14.1. The molecule has 1 rings (SSSR count). The summed E-state index contributed by atoms with van der Waals surface area (Å²) in [4.78, 5) is 24.5. The molecule has 0 unspecified atom stereocenters. The summed E-state index contributed by atoms with van der Waals surface area (Å²) in [5, 5.41) is 5.66. The van der Waals surface area contributed by atoms with Crippen molar-refractivity contribution < 1.29 is 14.3 Å². The summed E-state index contributed by atoms with van der Waals surface area (Å²) in [7, 11) is 0. The molecule has 1 atom stereocenters. The van der Waals surface area contributed by atoms with Crippen LogP contribution in [0.5, 0.6) is 0 Å². The van der Waals surface area contributed by atoms with Gasteiger partial charge >= 0.3 is 6.09 Å². The molecule has 152 valence electrons. The Bertz CT molecular complexity index is 532. The standard InChI is InChI=1S/C22H36N2O3/c1-4-5-6-7-8-12-15-23-21(25)20(16-18(2)3)24-22(26)27-17-19-13-10-9-11-14-19/h9-11,13-14,18,20H,4-8,12,15-17H2,1-3H3,(H,23,25)(H,24,26)/t20-/m0/s1. The topological polar surface area (TPSA) is 67.4 Å². The lowest BCUT2D eigenvalue weighted by Crippen LogP contribution is -2.47. The maximum atomic E-state index is 12.4. The third-order valence-corrected chi connectivity index (χ3v) is 4.36. The van der Waals surface area contributed by atoms with Crippen LogP contribution in [0.1, 0.15) is 71.3 Å². The minimum atomic E-state index is -0.562. The van der Waals surface area contributed by atoms with E-state index in [0.717, 1.165) is 18.4 Å². The van der Waals surface area contributed by atoms with E-state index in [9.17, 15) is 9.59 Å². The van der Waals surface area contributed by atoms with Gasteiger partial charge in [0.2, 0.25) is 5.91 Å². The van der Waals surface area contributed by atoms with Crippen LogP contribution in [0, 0.1) is 5.92 Å². The number of carbonyl (C=O) groups excluding carboxylic acids is 2. The van der Waals surface area contributed by atoms with Crippen molar-refractivity contribution in [3.05, 3.63) is 35.9 Å². The van der Waals surface area contributed by atoms with E-state index in [1.807, 2.05) is 44.2 Å². The normalized spacial score (nSPS) is 11.9. The molecule has 1 aromatic rings. The van der Waals surface area contributed by atoms with Crippen molar-refractivity contribution in [3.8, 4) is 0 Å². The Labute approximate surface area is 164 Å². The van der Waals surface area contributed by atoms with E-state index in [1.165, 1.54) is 25.7 Å². The second-order valence-electron chi connectivity index (χ2n) is 7.45. The molecule has 0 saturated heterocycles. The first-order valence-corrected chi connectivity index (χ1v) is 10.3. The summed E-state index contributed by atoms with van der Waals surface area (Å²) in [6.45, 7) is 7.11. The van der Waals surface area contributed by atoms with Gasteiger partial charge < -0.3 is 15.4 Å². The number of alkyl carbamates (subject to hydrolysis) is 1. The van der Waals surface area contributed by atoms with Gasteiger partial charge in [-0.1, -0.05) is 83.2 Å². The Hall–Kier alpha value is -2.04. The van der Waals surface area contributed by atoms with E-state index >= 15 is 0 Å². The number of carbonyl (C=O) groups is 2. The van der Waals surface area contributed by atoms with Crippen molar-refractivity contribution in [3.63, 3.8) is 0 Å². The summed E-state index contributed by atoms with van der Waals surface area (Å²) in [5.74, 6) is 0.165. The number of hydrogen-bond donors (Lipinski definition) is 2. The van der Waals surface area contributed by atoms with Crippen LogP contribution in [0.25, 0.3) is 0 Å². The van der Waals surface area contributed by atoms with Gasteiger partial charge in [-0.25, -0.2) is 4.79 Å². The van der Waals surface area contributed by atoms with Crippen molar-refractivity contribution in [2.45, 2.75) is 78.4 Å². The van der Waals surface area contributed by atoms with Crippen LogP contribution < -0.4 is 10.6 Å². The van der Waals surface area contributed by atoms with Gasteiger partial charge in [-0.15, -0.1) is 0 Å². The molecule has 0 heterocycles. The van der Waals surface area contributed by atoms with Crippen molar-refractivity contribution in [2.75, 3.05) is 6.54 Å². The molecular formula is C22H36N2O3. The molecule has 0 aliphatic carbocycles. The summed E-state index contributed by atoms with van der Waals surface area (Å²) in [5.41, 5.74) is 0.917. The number of unbranched alkanes of at least 4 members (excludes halogenated alkanes) is 5. The minimum Gasteiger partial charge on any atom is -0.445 e. The lowest BCUT2D eigenvalue weighted by atomic mass is 10.0. The van der Waals surface area contributed by atoms with Crippen LogP contribution in [-0.4, -0.2) is 24.6 Å². The Balaban J connectivity index is 2.35. The second-order valence-corrected chi connectivity index (χ2v) is 7.45. The van der Waals surface area contributed by atoms with Gasteiger partial charge in [-0.2, -0.15) is 0 Å². The first-order valence-electron chi connectivity index (χ1n) is 10.3. The smallest absolute Gasteiger partial charge is 0.408 e. The van der Waals surface area contributed by atoms with Crippen LogP contribution in [0.3, 0.4) is 0 Å². The Morgan fingerprint density at radius 3 is 2.33 bits per heavy atom. The molecule has 0 saturated carbocycles. The molecule has 5 nitrogen and oxygen atoms in total. The lowest BCUT2D eigenvalue weighted by molar-refractivity contribution is -0.123. The van der Waals surface area contributed by atoms with Crippen LogP contribution in [0.2, 0.25) is 0 Å². The number of benzene rings is 1. The average Bonchev–Trinajstić information content (AvgIpc) is 2.65. The fraction of sp³-hybridized carbons (Fsp3) is 0.636. The quantitative estimate of drug-likeness (QED) is 0.486. The largest absolute Gasteiger partial charge is 0.445 e. The molecule has 0 bridgehead atoms. The molecule has 27 heavy (non-hydrogen) atoms. The van der Waals surface area contributed by atoms with E-state index in [1.54, 1.807) is 0 Å². The lowest BCUT2D eigenvalue weighted by Gasteiger charge is -2.20. The summed E-state index contributed by atoms with van der Waals surface area (Å²) < 4.78 is 5.24. The zero-order chi connectivity index (χ0) is 19.9.